The van der Waals surface area contributed by atoms with Crippen LogP contribution in [0, 0.1) is 10.1 Å². The highest BCUT2D eigenvalue weighted by Gasteiger charge is 2.08. The maximum Gasteiger partial charge on any atom is 0.270 e. The van der Waals surface area contributed by atoms with E-state index in [1.165, 1.54) is 12.1 Å². The van der Waals surface area contributed by atoms with Gasteiger partial charge in [-0.2, -0.15) is 0 Å². The lowest BCUT2D eigenvalue weighted by Gasteiger charge is -2.04. The van der Waals surface area contributed by atoms with Crippen LogP contribution in [0.1, 0.15) is 6.92 Å². The van der Waals surface area contributed by atoms with Crippen molar-refractivity contribution < 1.29 is 9.66 Å². The molecule has 13 heavy (non-hydrogen) atoms. The molecule has 0 aliphatic heterocycles. The number of hydrogen-bond donors (Lipinski definition) is 1. The maximum absolute atomic E-state index is 10.4. The fraction of sp³-hybridized carbons (Fsp3) is 0.250. The predicted molar refractivity (Wildman–Crippen MR) is 51.5 cm³/mol. The molecular formula is C8H9NO3S. The van der Waals surface area contributed by atoms with Gasteiger partial charge in [0, 0.05) is 12.1 Å². The third-order valence-corrected chi connectivity index (χ3v) is 1.80. The maximum atomic E-state index is 10.4. The molecular weight excluding hydrogens is 190 g/mol. The Labute approximate surface area is 81.1 Å². The summed E-state index contributed by atoms with van der Waals surface area (Å²) in [5, 5.41) is 10.4. The van der Waals surface area contributed by atoms with E-state index in [2.05, 4.69) is 12.6 Å². The van der Waals surface area contributed by atoms with E-state index in [1.807, 2.05) is 6.92 Å². The minimum absolute atomic E-state index is 0.0217. The Morgan fingerprint density at radius 1 is 1.62 bits per heavy atom. The number of nitro groups is 1. The zero-order chi connectivity index (χ0) is 9.84. The highest BCUT2D eigenvalue weighted by Crippen LogP contribution is 2.26. The predicted octanol–water partition coefficient (Wildman–Crippen LogP) is 2.28. The molecule has 0 spiro atoms. The fourth-order valence-corrected chi connectivity index (χ4v) is 1.17. The standard InChI is InChI=1S/C8H9NO3S/c1-2-12-7-4-3-6(9(10)11)5-8(7)13/h3-5,13H,2H2,1H3. The molecule has 0 heterocycles. The summed E-state index contributed by atoms with van der Waals surface area (Å²) in [4.78, 5) is 10.4. The summed E-state index contributed by atoms with van der Waals surface area (Å²) >= 11 is 4.07. The molecule has 0 aliphatic rings. The van der Waals surface area contributed by atoms with Crippen LogP contribution in [-0.4, -0.2) is 11.5 Å². The first-order valence-electron chi connectivity index (χ1n) is 3.75. The van der Waals surface area contributed by atoms with Crippen molar-refractivity contribution in [2.45, 2.75) is 11.8 Å². The van der Waals surface area contributed by atoms with Crippen LogP contribution in [0.2, 0.25) is 0 Å². The van der Waals surface area contributed by atoms with Gasteiger partial charge in [0.1, 0.15) is 5.75 Å². The Kier molecular flexibility index (Phi) is 3.13. The number of non-ortho nitro benzene ring substituents is 1. The van der Waals surface area contributed by atoms with Gasteiger partial charge in [-0.25, -0.2) is 0 Å². The number of thiol groups is 1. The van der Waals surface area contributed by atoms with Crippen LogP contribution < -0.4 is 4.74 Å². The van der Waals surface area contributed by atoms with Crippen LogP contribution >= 0.6 is 12.6 Å². The Bertz CT molecular complexity index is 327. The van der Waals surface area contributed by atoms with E-state index in [-0.39, 0.29) is 5.69 Å². The molecule has 0 radical (unpaired) electrons. The molecule has 0 aliphatic carbocycles. The van der Waals surface area contributed by atoms with Gasteiger partial charge in [0.2, 0.25) is 0 Å². The van der Waals surface area contributed by atoms with Crippen LogP contribution in [0.4, 0.5) is 5.69 Å². The number of nitro benzene ring substituents is 1. The van der Waals surface area contributed by atoms with E-state index in [0.717, 1.165) is 0 Å². The molecule has 1 aromatic carbocycles. The van der Waals surface area contributed by atoms with E-state index in [0.29, 0.717) is 17.3 Å². The summed E-state index contributed by atoms with van der Waals surface area (Å²) in [6.07, 6.45) is 0. The third-order valence-electron chi connectivity index (χ3n) is 1.45. The van der Waals surface area contributed by atoms with Crippen LogP contribution in [0.5, 0.6) is 5.75 Å². The molecule has 5 heteroatoms. The van der Waals surface area contributed by atoms with Gasteiger partial charge < -0.3 is 4.74 Å². The number of ether oxygens (including phenoxy) is 1. The number of nitrogens with zero attached hydrogens (tertiary/aromatic N) is 1. The minimum atomic E-state index is -0.463. The molecule has 0 unspecified atom stereocenters. The number of benzene rings is 1. The molecule has 4 nitrogen and oxygen atoms in total. The van der Waals surface area contributed by atoms with E-state index < -0.39 is 4.92 Å². The molecule has 1 aromatic rings. The first kappa shape index (κ1) is 9.85. The molecule has 0 N–H and O–H groups in total. The molecule has 0 saturated carbocycles. The van der Waals surface area contributed by atoms with Crippen molar-refractivity contribution >= 4 is 18.3 Å². The molecule has 0 saturated heterocycles. The van der Waals surface area contributed by atoms with Crippen molar-refractivity contribution in [3.63, 3.8) is 0 Å². The monoisotopic (exact) mass is 199 g/mol. The lowest BCUT2D eigenvalue weighted by molar-refractivity contribution is -0.385. The molecule has 0 atom stereocenters. The Balaban J connectivity index is 2.98. The Hall–Kier alpha value is -1.23. The highest BCUT2D eigenvalue weighted by molar-refractivity contribution is 7.80. The van der Waals surface area contributed by atoms with Crippen molar-refractivity contribution in [1.82, 2.24) is 0 Å². The van der Waals surface area contributed by atoms with Gasteiger partial charge in [0.25, 0.3) is 5.69 Å². The average Bonchev–Trinajstić information content (AvgIpc) is 2.08. The second-order valence-corrected chi connectivity index (χ2v) is 2.82. The SMILES string of the molecule is CCOc1ccc([N+](=O)[O-])cc1S. The first-order chi connectivity index (χ1) is 6.15. The topological polar surface area (TPSA) is 52.4 Å². The Morgan fingerprint density at radius 2 is 2.31 bits per heavy atom. The molecule has 0 fully saturated rings. The van der Waals surface area contributed by atoms with E-state index >= 15 is 0 Å². The van der Waals surface area contributed by atoms with Gasteiger partial charge >= 0.3 is 0 Å². The summed E-state index contributed by atoms with van der Waals surface area (Å²) in [7, 11) is 0. The zero-order valence-corrected chi connectivity index (χ0v) is 7.95. The summed E-state index contributed by atoms with van der Waals surface area (Å²) in [5.41, 5.74) is 0.0217. The van der Waals surface area contributed by atoms with Crippen LogP contribution in [0.25, 0.3) is 0 Å². The second kappa shape index (κ2) is 4.13. The average molecular weight is 199 g/mol. The zero-order valence-electron chi connectivity index (χ0n) is 7.06. The molecule has 0 amide bonds. The van der Waals surface area contributed by atoms with Gasteiger partial charge in [-0.05, 0) is 13.0 Å². The normalized spacial score (nSPS) is 9.69. The van der Waals surface area contributed by atoms with E-state index in [1.54, 1.807) is 6.07 Å². The van der Waals surface area contributed by atoms with Crippen molar-refractivity contribution in [2.24, 2.45) is 0 Å². The summed E-state index contributed by atoms with van der Waals surface area (Å²) < 4.78 is 5.17. The van der Waals surface area contributed by atoms with Crippen LogP contribution in [0.15, 0.2) is 23.1 Å². The lowest BCUT2D eigenvalue weighted by Crippen LogP contribution is -1.94. The first-order valence-corrected chi connectivity index (χ1v) is 4.20. The highest BCUT2D eigenvalue weighted by atomic mass is 32.1. The number of rotatable bonds is 3. The van der Waals surface area contributed by atoms with Crippen molar-refractivity contribution in [3.05, 3.63) is 28.3 Å². The quantitative estimate of drug-likeness (QED) is 0.461. The van der Waals surface area contributed by atoms with Crippen LogP contribution in [-0.2, 0) is 0 Å². The summed E-state index contributed by atoms with van der Waals surface area (Å²) in [6.45, 7) is 2.36. The fourth-order valence-electron chi connectivity index (χ4n) is 0.897. The van der Waals surface area contributed by atoms with Gasteiger partial charge in [-0.3, -0.25) is 10.1 Å². The number of hydrogen-bond acceptors (Lipinski definition) is 4. The van der Waals surface area contributed by atoms with Gasteiger partial charge in [0.15, 0.2) is 0 Å². The molecule has 0 aromatic heterocycles. The molecule has 1 rings (SSSR count). The summed E-state index contributed by atoms with van der Waals surface area (Å²) in [5.74, 6) is 0.566. The third kappa shape index (κ3) is 2.35. The Morgan fingerprint density at radius 3 is 2.77 bits per heavy atom. The second-order valence-electron chi connectivity index (χ2n) is 2.34. The van der Waals surface area contributed by atoms with Crippen LogP contribution in [0.3, 0.4) is 0 Å². The van der Waals surface area contributed by atoms with Crippen molar-refractivity contribution in [1.29, 1.82) is 0 Å². The van der Waals surface area contributed by atoms with Gasteiger partial charge in [0.05, 0.1) is 16.4 Å². The largest absolute Gasteiger partial charge is 0.493 e. The van der Waals surface area contributed by atoms with E-state index in [4.69, 9.17) is 4.74 Å². The molecule has 0 bridgehead atoms. The minimum Gasteiger partial charge on any atom is -0.493 e. The summed E-state index contributed by atoms with van der Waals surface area (Å²) in [6, 6.07) is 4.31. The van der Waals surface area contributed by atoms with Gasteiger partial charge in [-0.1, -0.05) is 0 Å². The van der Waals surface area contributed by atoms with E-state index in [9.17, 15) is 10.1 Å². The smallest absolute Gasteiger partial charge is 0.270 e. The van der Waals surface area contributed by atoms with Crippen molar-refractivity contribution in [2.75, 3.05) is 6.61 Å². The van der Waals surface area contributed by atoms with Crippen molar-refractivity contribution in [3.8, 4) is 5.75 Å². The lowest BCUT2D eigenvalue weighted by atomic mass is 10.3. The molecule has 70 valence electrons. The van der Waals surface area contributed by atoms with Gasteiger partial charge in [-0.15, -0.1) is 12.6 Å².